The van der Waals surface area contributed by atoms with E-state index >= 15 is 0 Å². The highest BCUT2D eigenvalue weighted by Gasteiger charge is 2.17. The molecule has 4 nitrogen and oxygen atoms in total. The Bertz CT molecular complexity index is 333. The number of nitrogen functional groups attached to an aromatic ring is 1. The van der Waals surface area contributed by atoms with Crippen molar-refractivity contribution in [1.29, 1.82) is 0 Å². The summed E-state index contributed by atoms with van der Waals surface area (Å²) in [7, 11) is 0. The Labute approximate surface area is 90.3 Å². The van der Waals surface area contributed by atoms with Crippen LogP contribution in [0.5, 0.6) is 0 Å². The normalized spacial score (nSPS) is 16.1. The first-order valence-electron chi connectivity index (χ1n) is 5.68. The van der Waals surface area contributed by atoms with Crippen LogP contribution in [0.15, 0.2) is 6.07 Å². The first-order chi connectivity index (χ1) is 7.28. The largest absolute Gasteiger partial charge is 0.384 e. The first kappa shape index (κ1) is 10.2. The molecule has 0 saturated heterocycles. The summed E-state index contributed by atoms with van der Waals surface area (Å²) in [5, 5.41) is 3.39. The molecule has 2 rings (SSSR count). The van der Waals surface area contributed by atoms with Crippen LogP contribution in [0.2, 0.25) is 0 Å². The molecular formula is C11H18N4. The van der Waals surface area contributed by atoms with Crippen LogP contribution in [-0.4, -0.2) is 16.0 Å². The van der Waals surface area contributed by atoms with E-state index in [9.17, 15) is 0 Å². The van der Waals surface area contributed by atoms with E-state index < -0.39 is 0 Å². The minimum absolute atomic E-state index is 0.565. The number of hydrogen-bond donors (Lipinski definition) is 2. The second kappa shape index (κ2) is 4.47. The monoisotopic (exact) mass is 206 g/mol. The SMILES string of the molecule is CCCc1nc(N)cc(NC2CCC2)n1. The summed E-state index contributed by atoms with van der Waals surface area (Å²) in [6.45, 7) is 2.12. The zero-order valence-corrected chi connectivity index (χ0v) is 9.16. The molecule has 1 aromatic heterocycles. The number of hydrogen-bond acceptors (Lipinski definition) is 4. The standard InChI is InChI=1S/C11H18N4/c1-2-4-10-14-9(12)7-11(15-10)13-8-5-3-6-8/h7-8H,2-6H2,1H3,(H3,12,13,14,15). The average Bonchev–Trinajstić information content (AvgIpc) is 2.11. The van der Waals surface area contributed by atoms with Gasteiger partial charge in [-0.3, -0.25) is 0 Å². The fraction of sp³-hybridized carbons (Fsp3) is 0.636. The van der Waals surface area contributed by atoms with Gasteiger partial charge in [0.1, 0.15) is 17.5 Å². The van der Waals surface area contributed by atoms with Gasteiger partial charge in [0, 0.05) is 18.5 Å². The number of nitrogens with zero attached hydrogens (tertiary/aromatic N) is 2. The lowest BCUT2D eigenvalue weighted by Crippen LogP contribution is -2.27. The third-order valence-corrected chi connectivity index (χ3v) is 2.72. The third kappa shape index (κ3) is 2.58. The van der Waals surface area contributed by atoms with Gasteiger partial charge in [-0.2, -0.15) is 0 Å². The van der Waals surface area contributed by atoms with E-state index in [0.717, 1.165) is 24.5 Å². The summed E-state index contributed by atoms with van der Waals surface area (Å²) < 4.78 is 0. The van der Waals surface area contributed by atoms with Crippen molar-refractivity contribution in [2.75, 3.05) is 11.1 Å². The number of aromatic nitrogens is 2. The molecule has 4 heteroatoms. The van der Waals surface area contributed by atoms with Crippen molar-refractivity contribution in [1.82, 2.24) is 9.97 Å². The Morgan fingerprint density at radius 2 is 2.27 bits per heavy atom. The van der Waals surface area contributed by atoms with Gasteiger partial charge in [-0.25, -0.2) is 9.97 Å². The van der Waals surface area contributed by atoms with Crippen LogP contribution in [0, 0.1) is 0 Å². The smallest absolute Gasteiger partial charge is 0.133 e. The minimum atomic E-state index is 0.565. The molecule has 1 saturated carbocycles. The van der Waals surface area contributed by atoms with Crippen molar-refractivity contribution in [2.24, 2.45) is 0 Å². The molecule has 1 aliphatic rings. The molecular weight excluding hydrogens is 188 g/mol. The van der Waals surface area contributed by atoms with Crippen molar-refractivity contribution in [2.45, 2.75) is 45.1 Å². The molecule has 0 unspecified atom stereocenters. The van der Waals surface area contributed by atoms with Crippen molar-refractivity contribution in [3.63, 3.8) is 0 Å². The van der Waals surface area contributed by atoms with E-state index in [4.69, 9.17) is 5.73 Å². The lowest BCUT2D eigenvalue weighted by molar-refractivity contribution is 0.444. The molecule has 1 aromatic rings. The number of aryl methyl sites for hydroxylation is 1. The Morgan fingerprint density at radius 1 is 1.47 bits per heavy atom. The molecule has 0 atom stereocenters. The van der Waals surface area contributed by atoms with E-state index in [1.54, 1.807) is 0 Å². The van der Waals surface area contributed by atoms with Crippen molar-refractivity contribution in [3.05, 3.63) is 11.9 Å². The molecule has 1 aliphatic carbocycles. The highest BCUT2D eigenvalue weighted by atomic mass is 15.1. The maximum Gasteiger partial charge on any atom is 0.133 e. The second-order valence-electron chi connectivity index (χ2n) is 4.12. The van der Waals surface area contributed by atoms with Gasteiger partial charge in [0.15, 0.2) is 0 Å². The summed E-state index contributed by atoms with van der Waals surface area (Å²) in [4.78, 5) is 8.64. The van der Waals surface area contributed by atoms with Crippen LogP contribution < -0.4 is 11.1 Å². The van der Waals surface area contributed by atoms with E-state index in [1.807, 2.05) is 6.07 Å². The summed E-state index contributed by atoms with van der Waals surface area (Å²) in [6.07, 6.45) is 5.75. The van der Waals surface area contributed by atoms with E-state index in [0.29, 0.717) is 11.9 Å². The van der Waals surface area contributed by atoms with Crippen molar-refractivity contribution >= 4 is 11.6 Å². The molecule has 0 radical (unpaired) electrons. The van der Waals surface area contributed by atoms with E-state index in [2.05, 4.69) is 22.2 Å². The van der Waals surface area contributed by atoms with Crippen LogP contribution in [0.4, 0.5) is 11.6 Å². The average molecular weight is 206 g/mol. The Balaban J connectivity index is 2.07. The molecule has 3 N–H and O–H groups in total. The van der Waals surface area contributed by atoms with Crippen molar-refractivity contribution < 1.29 is 0 Å². The molecule has 0 amide bonds. The van der Waals surface area contributed by atoms with Crippen LogP contribution in [0.1, 0.15) is 38.4 Å². The highest BCUT2D eigenvalue weighted by molar-refractivity contribution is 5.45. The minimum Gasteiger partial charge on any atom is -0.384 e. The van der Waals surface area contributed by atoms with E-state index in [-0.39, 0.29) is 0 Å². The van der Waals surface area contributed by atoms with Crippen LogP contribution in [-0.2, 0) is 6.42 Å². The fourth-order valence-corrected chi connectivity index (χ4v) is 1.69. The predicted molar refractivity (Wildman–Crippen MR) is 61.7 cm³/mol. The third-order valence-electron chi connectivity index (χ3n) is 2.72. The van der Waals surface area contributed by atoms with Crippen LogP contribution >= 0.6 is 0 Å². The lowest BCUT2D eigenvalue weighted by Gasteiger charge is -2.27. The molecule has 0 aromatic carbocycles. The molecule has 82 valence electrons. The summed E-state index contributed by atoms with van der Waals surface area (Å²) in [5.41, 5.74) is 5.73. The molecule has 0 aliphatic heterocycles. The summed E-state index contributed by atoms with van der Waals surface area (Å²) in [6, 6.07) is 2.41. The number of nitrogens with two attached hydrogens (primary N) is 1. The number of rotatable bonds is 4. The Morgan fingerprint density at radius 3 is 2.87 bits per heavy atom. The van der Waals surface area contributed by atoms with E-state index in [1.165, 1.54) is 19.3 Å². The quantitative estimate of drug-likeness (QED) is 0.790. The van der Waals surface area contributed by atoms with Crippen LogP contribution in [0.3, 0.4) is 0 Å². The molecule has 1 fully saturated rings. The van der Waals surface area contributed by atoms with Gasteiger partial charge < -0.3 is 11.1 Å². The summed E-state index contributed by atoms with van der Waals surface area (Å²) in [5.74, 6) is 2.30. The highest BCUT2D eigenvalue weighted by Crippen LogP contribution is 2.22. The van der Waals surface area contributed by atoms with Gasteiger partial charge in [0.05, 0.1) is 0 Å². The van der Waals surface area contributed by atoms with Gasteiger partial charge in [-0.05, 0) is 25.7 Å². The Kier molecular flexibility index (Phi) is 3.04. The van der Waals surface area contributed by atoms with Gasteiger partial charge in [0.25, 0.3) is 0 Å². The first-order valence-corrected chi connectivity index (χ1v) is 5.68. The van der Waals surface area contributed by atoms with Gasteiger partial charge in [-0.1, -0.05) is 6.92 Å². The zero-order chi connectivity index (χ0) is 10.7. The van der Waals surface area contributed by atoms with Crippen LogP contribution in [0.25, 0.3) is 0 Å². The second-order valence-corrected chi connectivity index (χ2v) is 4.12. The predicted octanol–water partition coefficient (Wildman–Crippen LogP) is 1.98. The van der Waals surface area contributed by atoms with Gasteiger partial charge in [0.2, 0.25) is 0 Å². The topological polar surface area (TPSA) is 63.8 Å². The van der Waals surface area contributed by atoms with Gasteiger partial charge >= 0.3 is 0 Å². The molecule has 0 bridgehead atoms. The Hall–Kier alpha value is -1.32. The maximum absolute atomic E-state index is 5.73. The molecule has 0 spiro atoms. The maximum atomic E-state index is 5.73. The number of anilines is 2. The lowest BCUT2D eigenvalue weighted by atomic mass is 9.93. The number of nitrogens with one attached hydrogen (secondary N) is 1. The van der Waals surface area contributed by atoms with Gasteiger partial charge in [-0.15, -0.1) is 0 Å². The molecule has 15 heavy (non-hydrogen) atoms. The fourth-order valence-electron chi connectivity index (χ4n) is 1.69. The summed E-state index contributed by atoms with van der Waals surface area (Å²) >= 11 is 0. The molecule has 1 heterocycles. The van der Waals surface area contributed by atoms with Crippen molar-refractivity contribution in [3.8, 4) is 0 Å². The zero-order valence-electron chi connectivity index (χ0n) is 9.16.